The average Bonchev–Trinajstić information content (AvgIpc) is 3.20. The maximum absolute atomic E-state index is 11.4. The van der Waals surface area contributed by atoms with Crippen LogP contribution in [-0.4, -0.2) is 47.5 Å². The molecule has 0 bridgehead atoms. The Labute approximate surface area is 191 Å². The van der Waals surface area contributed by atoms with Crippen LogP contribution in [0.15, 0.2) is 40.7 Å². The summed E-state index contributed by atoms with van der Waals surface area (Å²) in [6.45, 7) is 2.74. The lowest BCUT2D eigenvalue weighted by Gasteiger charge is -2.43. The first-order valence-electron chi connectivity index (χ1n) is 10.9. The molecule has 0 atom stereocenters. The van der Waals surface area contributed by atoms with Crippen LogP contribution in [0.1, 0.15) is 39.0 Å². The molecule has 0 radical (unpaired) electrons. The second-order valence-corrected chi connectivity index (χ2v) is 9.79. The first-order chi connectivity index (χ1) is 15.9. The van der Waals surface area contributed by atoms with Gasteiger partial charge in [0.25, 0.3) is 10.0 Å². The number of methoxy groups -OCH3 is 1. The zero-order chi connectivity index (χ0) is 23.2. The van der Waals surface area contributed by atoms with Crippen LogP contribution in [-0.2, 0) is 20.3 Å². The molecule has 1 spiro atoms. The standard InChI is InChI=1S/C21H26N8O3S/c1-3-28-17-11-14-12-24-20(25-15-7-8-16(23-13-15)33(22,30)31)26-18(14)29(17)21(19(27-28)32-2)9-5-4-6-10-21/h7-8,11-13H,3-6,9-10H2,1-2H3,(H2,22,30,31)(H,24,25,26). The second kappa shape index (κ2) is 7.96. The van der Waals surface area contributed by atoms with E-state index in [4.69, 9.17) is 20.0 Å². The number of aromatic nitrogens is 4. The van der Waals surface area contributed by atoms with Crippen LogP contribution in [0.25, 0.3) is 11.0 Å². The molecule has 2 aliphatic rings. The number of primary sulfonamides is 1. The number of nitrogens with one attached hydrogen (secondary N) is 1. The van der Waals surface area contributed by atoms with Crippen molar-refractivity contribution in [3.63, 3.8) is 0 Å². The van der Waals surface area contributed by atoms with Gasteiger partial charge in [-0.05, 0) is 38.0 Å². The van der Waals surface area contributed by atoms with E-state index in [1.54, 1.807) is 19.4 Å². The van der Waals surface area contributed by atoms with Crippen molar-refractivity contribution in [2.24, 2.45) is 10.2 Å². The zero-order valence-electron chi connectivity index (χ0n) is 18.5. The van der Waals surface area contributed by atoms with Crippen LogP contribution in [0, 0.1) is 0 Å². The van der Waals surface area contributed by atoms with Crippen LogP contribution < -0.4 is 15.5 Å². The Kier molecular flexibility index (Phi) is 5.20. The molecule has 3 aromatic rings. The lowest BCUT2D eigenvalue weighted by atomic mass is 9.80. The highest BCUT2D eigenvalue weighted by atomic mass is 32.2. The molecular weight excluding hydrogens is 444 g/mol. The van der Waals surface area contributed by atoms with Crippen LogP contribution >= 0.6 is 0 Å². The van der Waals surface area contributed by atoms with Crippen molar-refractivity contribution in [2.75, 3.05) is 24.0 Å². The smallest absolute Gasteiger partial charge is 0.255 e. The molecule has 11 nitrogen and oxygen atoms in total. The number of pyridine rings is 1. The summed E-state index contributed by atoms with van der Waals surface area (Å²) in [7, 11) is -2.18. The van der Waals surface area contributed by atoms with Crippen molar-refractivity contribution in [3.8, 4) is 0 Å². The molecule has 5 rings (SSSR count). The van der Waals surface area contributed by atoms with Gasteiger partial charge in [0.15, 0.2) is 5.03 Å². The summed E-state index contributed by atoms with van der Waals surface area (Å²) in [4.78, 5) is 13.2. The van der Waals surface area contributed by atoms with E-state index in [-0.39, 0.29) is 10.6 Å². The largest absolute Gasteiger partial charge is 0.481 e. The number of hydrogen-bond acceptors (Lipinski definition) is 9. The summed E-state index contributed by atoms with van der Waals surface area (Å²) in [5.41, 5.74) is 0.968. The van der Waals surface area contributed by atoms with Crippen LogP contribution in [0.3, 0.4) is 0 Å². The highest BCUT2D eigenvalue weighted by molar-refractivity contribution is 7.89. The molecule has 0 saturated heterocycles. The Balaban J connectivity index is 1.59. The summed E-state index contributed by atoms with van der Waals surface area (Å²) in [5, 5.41) is 15.7. The van der Waals surface area contributed by atoms with Gasteiger partial charge in [-0.1, -0.05) is 19.3 Å². The van der Waals surface area contributed by atoms with Crippen LogP contribution in [0.2, 0.25) is 0 Å². The predicted molar refractivity (Wildman–Crippen MR) is 125 cm³/mol. The molecule has 12 heteroatoms. The Morgan fingerprint density at radius 3 is 2.61 bits per heavy atom. The average molecular weight is 471 g/mol. The van der Waals surface area contributed by atoms with Crippen molar-refractivity contribution in [3.05, 3.63) is 30.6 Å². The number of fused-ring (bicyclic) bond motifs is 4. The zero-order valence-corrected chi connectivity index (χ0v) is 19.3. The van der Waals surface area contributed by atoms with E-state index >= 15 is 0 Å². The monoisotopic (exact) mass is 470 g/mol. The summed E-state index contributed by atoms with van der Waals surface area (Å²) >= 11 is 0. The SMILES string of the molecule is CCN1N=C(OC)C2(CCCCC2)n2c1cc1cnc(Nc3ccc(S(N)(=O)=O)nc3)nc12. The summed E-state index contributed by atoms with van der Waals surface area (Å²) in [6, 6.07) is 4.98. The molecule has 1 fully saturated rings. The number of hydrogen-bond donors (Lipinski definition) is 2. The minimum absolute atomic E-state index is 0.199. The van der Waals surface area contributed by atoms with E-state index in [1.165, 1.54) is 18.7 Å². The van der Waals surface area contributed by atoms with Gasteiger partial charge >= 0.3 is 0 Å². The summed E-state index contributed by atoms with van der Waals surface area (Å²) < 4.78 is 31.0. The van der Waals surface area contributed by atoms with Crippen molar-refractivity contribution >= 4 is 44.4 Å². The van der Waals surface area contributed by atoms with E-state index in [2.05, 4.69) is 32.8 Å². The molecule has 174 valence electrons. The molecule has 1 aliphatic heterocycles. The number of anilines is 3. The van der Waals surface area contributed by atoms with Gasteiger partial charge < -0.3 is 10.1 Å². The Bertz CT molecular complexity index is 1330. The molecular formula is C21H26N8O3S. The number of ether oxygens (including phenoxy) is 1. The van der Waals surface area contributed by atoms with Crippen molar-refractivity contribution in [2.45, 2.75) is 49.6 Å². The molecule has 0 aromatic carbocycles. The van der Waals surface area contributed by atoms with Gasteiger partial charge in [0.05, 0.1) is 19.0 Å². The molecule has 3 N–H and O–H groups in total. The van der Waals surface area contributed by atoms with Crippen molar-refractivity contribution in [1.82, 2.24) is 19.5 Å². The Hall–Kier alpha value is -3.25. The molecule has 1 aliphatic carbocycles. The van der Waals surface area contributed by atoms with Gasteiger partial charge in [-0.15, -0.1) is 5.10 Å². The van der Waals surface area contributed by atoms with Gasteiger partial charge in [-0.25, -0.2) is 28.5 Å². The van der Waals surface area contributed by atoms with E-state index in [1.807, 2.05) is 5.01 Å². The number of hydrazone groups is 1. The molecule has 33 heavy (non-hydrogen) atoms. The van der Waals surface area contributed by atoms with E-state index in [9.17, 15) is 8.42 Å². The molecule has 4 heterocycles. The Morgan fingerprint density at radius 2 is 1.97 bits per heavy atom. The number of nitrogens with two attached hydrogens (primary N) is 1. The number of sulfonamides is 1. The molecule has 0 unspecified atom stereocenters. The minimum Gasteiger partial charge on any atom is -0.481 e. The number of nitrogens with zero attached hydrogens (tertiary/aromatic N) is 6. The van der Waals surface area contributed by atoms with Crippen LogP contribution in [0.4, 0.5) is 17.5 Å². The van der Waals surface area contributed by atoms with Gasteiger partial charge in [0.1, 0.15) is 17.0 Å². The normalized spacial score (nSPS) is 17.7. The van der Waals surface area contributed by atoms with E-state index in [0.717, 1.165) is 42.5 Å². The van der Waals surface area contributed by atoms with Gasteiger partial charge in [-0.2, -0.15) is 4.98 Å². The summed E-state index contributed by atoms with van der Waals surface area (Å²) in [5.74, 6) is 2.06. The predicted octanol–water partition coefficient (Wildman–Crippen LogP) is 2.68. The fourth-order valence-corrected chi connectivity index (χ4v) is 5.24. The fourth-order valence-electron chi connectivity index (χ4n) is 4.79. The lowest BCUT2D eigenvalue weighted by molar-refractivity contribution is 0.221. The highest BCUT2D eigenvalue weighted by Crippen LogP contribution is 2.45. The summed E-state index contributed by atoms with van der Waals surface area (Å²) in [6.07, 6.45) is 8.39. The quantitative estimate of drug-likeness (QED) is 0.593. The maximum Gasteiger partial charge on any atom is 0.255 e. The van der Waals surface area contributed by atoms with Gasteiger partial charge in [-0.3, -0.25) is 4.57 Å². The van der Waals surface area contributed by atoms with Crippen LogP contribution in [0.5, 0.6) is 0 Å². The molecule has 1 saturated carbocycles. The van der Waals surface area contributed by atoms with Crippen molar-refractivity contribution in [1.29, 1.82) is 0 Å². The third kappa shape index (κ3) is 3.59. The topological polar surface area (TPSA) is 141 Å². The number of rotatable bonds is 4. The van der Waals surface area contributed by atoms with E-state index in [0.29, 0.717) is 24.1 Å². The minimum atomic E-state index is -3.86. The van der Waals surface area contributed by atoms with Crippen molar-refractivity contribution < 1.29 is 13.2 Å². The van der Waals surface area contributed by atoms with E-state index < -0.39 is 10.0 Å². The lowest BCUT2D eigenvalue weighted by Crippen LogP contribution is -2.49. The van der Waals surface area contributed by atoms with Gasteiger partial charge in [0.2, 0.25) is 11.8 Å². The second-order valence-electron chi connectivity index (χ2n) is 8.28. The highest BCUT2D eigenvalue weighted by Gasteiger charge is 2.46. The molecule has 0 amide bonds. The third-order valence-electron chi connectivity index (χ3n) is 6.28. The van der Waals surface area contributed by atoms with Gasteiger partial charge in [0, 0.05) is 18.1 Å². The maximum atomic E-state index is 11.4. The first-order valence-corrected chi connectivity index (χ1v) is 12.5. The first kappa shape index (κ1) is 21.6. The Morgan fingerprint density at radius 1 is 1.18 bits per heavy atom. The molecule has 3 aromatic heterocycles. The fraction of sp³-hybridized carbons (Fsp3) is 0.429. The third-order valence-corrected chi connectivity index (χ3v) is 7.11.